The molecule has 0 spiro atoms. The minimum absolute atomic E-state index is 0.162. The van der Waals surface area contributed by atoms with Crippen LogP contribution in [0.5, 0.6) is 0 Å². The lowest BCUT2D eigenvalue weighted by molar-refractivity contribution is -0.143. The van der Waals surface area contributed by atoms with E-state index in [9.17, 15) is 9.59 Å². The van der Waals surface area contributed by atoms with E-state index in [2.05, 4.69) is 25.1 Å². The standard InChI is InChI=1S/C21H28O4/c1-4-24-19(22)11-9-16-8-10-17-7-6-13-21(3,18(17)15-16)14-12-20(23)25-5-2/h8,10,12,14-15H,4-7,9,11,13H2,1-3H3/b14-12+. The zero-order valence-electron chi connectivity index (χ0n) is 15.5. The van der Waals surface area contributed by atoms with Gasteiger partial charge in [0.15, 0.2) is 0 Å². The van der Waals surface area contributed by atoms with E-state index in [1.165, 1.54) is 11.1 Å². The highest BCUT2D eigenvalue weighted by molar-refractivity contribution is 5.82. The number of carbonyl (C=O) groups is 2. The second-order valence-corrected chi connectivity index (χ2v) is 6.65. The largest absolute Gasteiger partial charge is 0.466 e. The summed E-state index contributed by atoms with van der Waals surface area (Å²) in [6, 6.07) is 6.44. The van der Waals surface area contributed by atoms with Gasteiger partial charge in [-0.1, -0.05) is 31.2 Å². The maximum Gasteiger partial charge on any atom is 0.330 e. The summed E-state index contributed by atoms with van der Waals surface area (Å²) in [5, 5.41) is 0. The average molecular weight is 344 g/mol. The molecule has 0 N–H and O–H groups in total. The lowest BCUT2D eigenvalue weighted by Crippen LogP contribution is -2.26. The number of benzene rings is 1. The molecule has 136 valence electrons. The Hall–Kier alpha value is -2.10. The molecule has 0 radical (unpaired) electrons. The Balaban J connectivity index is 2.18. The maximum absolute atomic E-state index is 11.7. The van der Waals surface area contributed by atoms with Crippen molar-refractivity contribution in [3.8, 4) is 0 Å². The van der Waals surface area contributed by atoms with Gasteiger partial charge in [0.25, 0.3) is 0 Å². The molecular formula is C21H28O4. The SMILES string of the molecule is CCOC(=O)/C=C/C1(C)CCCc2ccc(CCC(=O)OCC)cc21. The van der Waals surface area contributed by atoms with Crippen molar-refractivity contribution in [2.24, 2.45) is 0 Å². The van der Waals surface area contributed by atoms with Crippen LogP contribution in [0, 0.1) is 0 Å². The first-order valence-corrected chi connectivity index (χ1v) is 9.12. The zero-order chi connectivity index (χ0) is 18.3. The van der Waals surface area contributed by atoms with Gasteiger partial charge in [0.2, 0.25) is 0 Å². The molecule has 1 aromatic carbocycles. The summed E-state index contributed by atoms with van der Waals surface area (Å²) in [7, 11) is 0. The molecule has 1 aliphatic rings. The van der Waals surface area contributed by atoms with Crippen LogP contribution < -0.4 is 0 Å². The summed E-state index contributed by atoms with van der Waals surface area (Å²) < 4.78 is 10.0. The van der Waals surface area contributed by atoms with Crippen molar-refractivity contribution in [1.29, 1.82) is 0 Å². The van der Waals surface area contributed by atoms with Crippen molar-refractivity contribution < 1.29 is 19.1 Å². The van der Waals surface area contributed by atoms with E-state index < -0.39 is 0 Å². The van der Waals surface area contributed by atoms with E-state index in [1.54, 1.807) is 13.0 Å². The van der Waals surface area contributed by atoms with Crippen molar-refractivity contribution >= 4 is 11.9 Å². The predicted octanol–water partition coefficient (Wildman–Crippen LogP) is 3.90. The molecule has 0 aromatic heterocycles. The molecule has 1 aromatic rings. The van der Waals surface area contributed by atoms with E-state index in [0.29, 0.717) is 26.1 Å². The highest BCUT2D eigenvalue weighted by Gasteiger charge is 2.30. The van der Waals surface area contributed by atoms with Crippen molar-refractivity contribution in [2.45, 2.75) is 58.3 Å². The van der Waals surface area contributed by atoms with Gasteiger partial charge in [0, 0.05) is 17.9 Å². The van der Waals surface area contributed by atoms with Gasteiger partial charge in [-0.15, -0.1) is 0 Å². The van der Waals surface area contributed by atoms with Crippen molar-refractivity contribution in [1.82, 2.24) is 0 Å². The molecular weight excluding hydrogens is 316 g/mol. The Morgan fingerprint density at radius 1 is 1.20 bits per heavy atom. The number of ether oxygens (including phenoxy) is 2. The lowest BCUT2D eigenvalue weighted by atomic mass is 9.70. The number of rotatable bonds is 7. The summed E-state index contributed by atoms with van der Waals surface area (Å²) in [6.07, 6.45) is 7.72. The van der Waals surface area contributed by atoms with Gasteiger partial charge < -0.3 is 9.47 Å². The van der Waals surface area contributed by atoms with E-state index in [-0.39, 0.29) is 17.4 Å². The first-order chi connectivity index (χ1) is 12.0. The molecule has 0 saturated heterocycles. The first-order valence-electron chi connectivity index (χ1n) is 9.12. The van der Waals surface area contributed by atoms with Crippen LogP contribution in [0.4, 0.5) is 0 Å². The van der Waals surface area contributed by atoms with Crippen LogP contribution in [0.1, 0.15) is 56.7 Å². The number of aryl methyl sites for hydroxylation is 2. The number of carbonyl (C=O) groups excluding carboxylic acids is 2. The minimum Gasteiger partial charge on any atom is -0.466 e. The summed E-state index contributed by atoms with van der Waals surface area (Å²) >= 11 is 0. The number of hydrogen-bond acceptors (Lipinski definition) is 4. The maximum atomic E-state index is 11.7. The van der Waals surface area contributed by atoms with Crippen LogP contribution in [0.15, 0.2) is 30.4 Å². The molecule has 0 bridgehead atoms. The smallest absolute Gasteiger partial charge is 0.330 e. The van der Waals surface area contributed by atoms with E-state index in [1.807, 2.05) is 13.0 Å². The normalized spacial score (nSPS) is 19.5. The fourth-order valence-corrected chi connectivity index (χ4v) is 3.40. The molecule has 4 nitrogen and oxygen atoms in total. The average Bonchev–Trinajstić information content (AvgIpc) is 2.59. The minimum atomic E-state index is -0.297. The van der Waals surface area contributed by atoms with E-state index in [0.717, 1.165) is 24.8 Å². The Kier molecular flexibility index (Phi) is 6.80. The predicted molar refractivity (Wildman–Crippen MR) is 97.5 cm³/mol. The first kappa shape index (κ1) is 19.2. The zero-order valence-corrected chi connectivity index (χ0v) is 15.5. The topological polar surface area (TPSA) is 52.6 Å². The van der Waals surface area contributed by atoms with Gasteiger partial charge in [0.05, 0.1) is 13.2 Å². The molecule has 1 aliphatic carbocycles. The Morgan fingerprint density at radius 3 is 2.68 bits per heavy atom. The van der Waals surface area contributed by atoms with Gasteiger partial charge in [-0.3, -0.25) is 4.79 Å². The second kappa shape index (κ2) is 8.84. The molecule has 2 rings (SSSR count). The number of esters is 2. The monoisotopic (exact) mass is 344 g/mol. The summed E-state index contributed by atoms with van der Waals surface area (Å²) in [4.78, 5) is 23.3. The third-order valence-corrected chi connectivity index (χ3v) is 4.73. The van der Waals surface area contributed by atoms with Crippen LogP contribution in [-0.2, 0) is 37.3 Å². The van der Waals surface area contributed by atoms with Crippen LogP contribution in [-0.4, -0.2) is 25.2 Å². The van der Waals surface area contributed by atoms with Crippen molar-refractivity contribution in [2.75, 3.05) is 13.2 Å². The van der Waals surface area contributed by atoms with E-state index >= 15 is 0 Å². The fraction of sp³-hybridized carbons (Fsp3) is 0.524. The van der Waals surface area contributed by atoms with Gasteiger partial charge in [-0.25, -0.2) is 4.79 Å². The molecule has 1 atom stereocenters. The molecule has 0 saturated carbocycles. The summed E-state index contributed by atoms with van der Waals surface area (Å²) in [5.41, 5.74) is 3.52. The third kappa shape index (κ3) is 5.18. The molecule has 0 amide bonds. The highest BCUT2D eigenvalue weighted by atomic mass is 16.5. The lowest BCUT2D eigenvalue weighted by Gasteiger charge is -2.34. The molecule has 1 unspecified atom stereocenters. The highest BCUT2D eigenvalue weighted by Crippen LogP contribution is 2.39. The molecule has 25 heavy (non-hydrogen) atoms. The Labute approximate surface area is 150 Å². The van der Waals surface area contributed by atoms with Crippen LogP contribution in [0.2, 0.25) is 0 Å². The van der Waals surface area contributed by atoms with Crippen LogP contribution in [0.3, 0.4) is 0 Å². The summed E-state index contributed by atoms with van der Waals surface area (Å²) in [6.45, 7) is 6.58. The number of fused-ring (bicyclic) bond motifs is 1. The third-order valence-electron chi connectivity index (χ3n) is 4.73. The molecule has 4 heteroatoms. The van der Waals surface area contributed by atoms with Gasteiger partial charge in [-0.2, -0.15) is 0 Å². The van der Waals surface area contributed by atoms with Gasteiger partial charge >= 0.3 is 11.9 Å². The quantitative estimate of drug-likeness (QED) is 0.556. The molecule has 0 heterocycles. The Bertz CT molecular complexity index is 647. The van der Waals surface area contributed by atoms with Gasteiger partial charge in [-0.05, 0) is 56.2 Å². The van der Waals surface area contributed by atoms with Crippen molar-refractivity contribution in [3.63, 3.8) is 0 Å². The molecule has 0 fully saturated rings. The number of hydrogen-bond donors (Lipinski definition) is 0. The fourth-order valence-electron chi connectivity index (χ4n) is 3.40. The van der Waals surface area contributed by atoms with Crippen LogP contribution in [0.25, 0.3) is 0 Å². The van der Waals surface area contributed by atoms with Crippen molar-refractivity contribution in [3.05, 3.63) is 47.0 Å². The summed E-state index contributed by atoms with van der Waals surface area (Å²) in [5.74, 6) is -0.459. The second-order valence-electron chi connectivity index (χ2n) is 6.65. The van der Waals surface area contributed by atoms with E-state index in [4.69, 9.17) is 9.47 Å². The number of allylic oxidation sites excluding steroid dienone is 1. The molecule has 0 aliphatic heterocycles. The van der Waals surface area contributed by atoms with Crippen LogP contribution >= 0.6 is 0 Å². The Morgan fingerprint density at radius 2 is 1.96 bits per heavy atom. The van der Waals surface area contributed by atoms with Gasteiger partial charge in [0.1, 0.15) is 0 Å².